The number of hydrogen-bond donors (Lipinski definition) is 2. The summed E-state index contributed by atoms with van der Waals surface area (Å²) in [6.45, 7) is 4.00. The first-order chi connectivity index (χ1) is 12.1. The minimum Gasteiger partial charge on any atom is -0.508 e. The van der Waals surface area contributed by atoms with Crippen molar-refractivity contribution in [1.29, 1.82) is 0 Å². The van der Waals surface area contributed by atoms with Crippen LogP contribution in [0.1, 0.15) is 5.56 Å². The second kappa shape index (κ2) is 6.54. The summed E-state index contributed by atoms with van der Waals surface area (Å²) in [6, 6.07) is 4.57. The molecule has 1 unspecified atom stereocenters. The summed E-state index contributed by atoms with van der Waals surface area (Å²) in [5, 5.41) is 11.6. The molecule has 1 saturated heterocycles. The average molecular weight is 342 g/mol. The van der Waals surface area contributed by atoms with Crippen molar-refractivity contribution in [3.05, 3.63) is 65.3 Å². The molecule has 132 valence electrons. The van der Waals surface area contributed by atoms with E-state index in [4.69, 9.17) is 0 Å². The molecule has 3 heterocycles. The molecule has 6 heteroatoms. The quantitative estimate of drug-likeness (QED) is 0.877. The minimum absolute atomic E-state index is 0.0319. The molecule has 1 fully saturated rings. The normalized spacial score (nSPS) is 23.5. The van der Waals surface area contributed by atoms with E-state index < -0.39 is 0 Å². The number of phenols is 1. The van der Waals surface area contributed by atoms with Crippen LogP contribution in [0.2, 0.25) is 0 Å². The first kappa shape index (κ1) is 16.2. The van der Waals surface area contributed by atoms with Crippen LogP contribution in [0.4, 0.5) is 4.39 Å². The Bertz CT molecular complexity index is 758. The lowest BCUT2D eigenvalue weighted by atomic mass is 10.1. The molecule has 0 spiro atoms. The zero-order chi connectivity index (χ0) is 17.4. The number of benzene rings is 1. The molecule has 2 N–H and O–H groups in total. The van der Waals surface area contributed by atoms with Gasteiger partial charge in [0.15, 0.2) is 0 Å². The highest BCUT2D eigenvalue weighted by Gasteiger charge is 2.31. The van der Waals surface area contributed by atoms with Crippen molar-refractivity contribution >= 4 is 0 Å². The molecular formula is C19H23FN4O. The van der Waals surface area contributed by atoms with Crippen LogP contribution in [0.15, 0.2) is 53.9 Å². The maximum absolute atomic E-state index is 14.0. The first-order valence-corrected chi connectivity index (χ1v) is 8.62. The number of fused-ring (bicyclic) bond motifs is 1. The van der Waals surface area contributed by atoms with Gasteiger partial charge in [0.1, 0.15) is 11.6 Å². The van der Waals surface area contributed by atoms with Crippen LogP contribution in [-0.2, 0) is 6.54 Å². The van der Waals surface area contributed by atoms with Gasteiger partial charge in [0.2, 0.25) is 0 Å². The Morgan fingerprint density at radius 3 is 3.00 bits per heavy atom. The van der Waals surface area contributed by atoms with E-state index in [1.165, 1.54) is 17.5 Å². The van der Waals surface area contributed by atoms with Crippen molar-refractivity contribution in [2.45, 2.75) is 12.6 Å². The van der Waals surface area contributed by atoms with Crippen LogP contribution < -0.4 is 5.43 Å². The van der Waals surface area contributed by atoms with E-state index in [1.807, 2.05) is 0 Å². The number of rotatable bonds is 3. The van der Waals surface area contributed by atoms with E-state index in [9.17, 15) is 9.50 Å². The number of piperazine rings is 1. The molecule has 1 aromatic carbocycles. The molecule has 4 rings (SSSR count). The van der Waals surface area contributed by atoms with Gasteiger partial charge in [-0.3, -0.25) is 4.90 Å². The van der Waals surface area contributed by atoms with E-state index in [-0.39, 0.29) is 17.6 Å². The van der Waals surface area contributed by atoms with Gasteiger partial charge in [-0.15, -0.1) is 0 Å². The second-order valence-electron chi connectivity index (χ2n) is 6.80. The highest BCUT2D eigenvalue weighted by molar-refractivity contribution is 5.31. The van der Waals surface area contributed by atoms with Crippen LogP contribution in [-0.4, -0.2) is 59.2 Å². The van der Waals surface area contributed by atoms with Gasteiger partial charge >= 0.3 is 0 Å². The van der Waals surface area contributed by atoms with Crippen molar-refractivity contribution in [2.24, 2.45) is 0 Å². The zero-order valence-electron chi connectivity index (χ0n) is 14.3. The van der Waals surface area contributed by atoms with Crippen molar-refractivity contribution < 1.29 is 9.50 Å². The number of nitrogens with zero attached hydrogens (tertiary/aromatic N) is 3. The fourth-order valence-electron chi connectivity index (χ4n) is 3.62. The third-order valence-corrected chi connectivity index (χ3v) is 5.00. The lowest BCUT2D eigenvalue weighted by Crippen LogP contribution is -2.49. The highest BCUT2D eigenvalue weighted by Crippen LogP contribution is 2.25. The molecule has 3 aliphatic heterocycles. The maximum Gasteiger partial charge on any atom is 0.131 e. The van der Waals surface area contributed by atoms with Crippen molar-refractivity contribution in [3.63, 3.8) is 0 Å². The van der Waals surface area contributed by atoms with Gasteiger partial charge in [-0.05, 0) is 18.2 Å². The number of hydrogen-bond acceptors (Lipinski definition) is 5. The second-order valence-corrected chi connectivity index (χ2v) is 6.80. The van der Waals surface area contributed by atoms with Crippen LogP contribution in [0, 0.1) is 5.82 Å². The summed E-state index contributed by atoms with van der Waals surface area (Å²) in [4.78, 5) is 4.48. The van der Waals surface area contributed by atoms with Crippen molar-refractivity contribution in [3.8, 4) is 5.75 Å². The summed E-state index contributed by atoms with van der Waals surface area (Å²) in [5.41, 5.74) is 6.68. The van der Waals surface area contributed by atoms with Gasteiger partial charge in [0.05, 0.1) is 6.04 Å². The van der Waals surface area contributed by atoms with E-state index in [2.05, 4.69) is 51.6 Å². The van der Waals surface area contributed by atoms with Crippen LogP contribution in [0.5, 0.6) is 5.75 Å². The van der Waals surface area contributed by atoms with Gasteiger partial charge in [0, 0.05) is 62.8 Å². The topological polar surface area (TPSA) is 42.0 Å². The molecule has 5 nitrogen and oxygen atoms in total. The molecule has 1 atom stereocenters. The van der Waals surface area contributed by atoms with E-state index in [1.54, 1.807) is 12.1 Å². The van der Waals surface area contributed by atoms with Gasteiger partial charge in [-0.25, -0.2) is 9.82 Å². The standard InChI is InChI=1S/C19H23FN4O/c1-22-7-3-2-4-19(22)18-10-15-13-23(8-9-24(15)21-18)12-14-5-6-16(25)11-17(14)20/h2-6,10-11,18,21,25H,7-9,12-13H2,1H3. The summed E-state index contributed by atoms with van der Waals surface area (Å²) >= 11 is 0. The number of nitrogens with one attached hydrogen (secondary N) is 1. The molecule has 0 radical (unpaired) electrons. The molecule has 3 aliphatic rings. The minimum atomic E-state index is -0.348. The Balaban J connectivity index is 1.45. The summed E-state index contributed by atoms with van der Waals surface area (Å²) in [7, 11) is 2.10. The average Bonchev–Trinajstić information content (AvgIpc) is 3.01. The Morgan fingerprint density at radius 1 is 1.32 bits per heavy atom. The number of hydrazine groups is 1. The number of aromatic hydroxyl groups is 1. The SMILES string of the molecule is CN1CC=CC=C1C1C=C2CN(Cc3ccc(O)cc3F)CCN2N1. The Morgan fingerprint density at radius 2 is 2.20 bits per heavy atom. The number of phenolic OH excluding ortho intramolecular Hbond substituents is 1. The zero-order valence-corrected chi connectivity index (χ0v) is 14.3. The summed E-state index contributed by atoms with van der Waals surface area (Å²) < 4.78 is 14.0. The summed E-state index contributed by atoms with van der Waals surface area (Å²) in [6.07, 6.45) is 8.67. The molecule has 1 aromatic rings. The third kappa shape index (κ3) is 3.27. The van der Waals surface area contributed by atoms with Gasteiger partial charge in [-0.1, -0.05) is 18.2 Å². The van der Waals surface area contributed by atoms with Crippen LogP contribution in [0.3, 0.4) is 0 Å². The molecule has 0 aromatic heterocycles. The smallest absolute Gasteiger partial charge is 0.131 e. The van der Waals surface area contributed by atoms with Crippen molar-refractivity contribution in [1.82, 2.24) is 20.2 Å². The van der Waals surface area contributed by atoms with Crippen LogP contribution in [0.25, 0.3) is 0 Å². The van der Waals surface area contributed by atoms with E-state index >= 15 is 0 Å². The molecule has 25 heavy (non-hydrogen) atoms. The Kier molecular flexibility index (Phi) is 4.23. The first-order valence-electron chi connectivity index (χ1n) is 8.62. The maximum atomic E-state index is 14.0. The predicted molar refractivity (Wildman–Crippen MR) is 94.9 cm³/mol. The molecule has 0 bridgehead atoms. The molecular weight excluding hydrogens is 319 g/mol. The van der Waals surface area contributed by atoms with Crippen molar-refractivity contribution in [2.75, 3.05) is 33.2 Å². The van der Waals surface area contributed by atoms with Gasteiger partial charge in [-0.2, -0.15) is 0 Å². The Labute approximate surface area is 147 Å². The van der Waals surface area contributed by atoms with Gasteiger partial charge < -0.3 is 15.0 Å². The largest absolute Gasteiger partial charge is 0.508 e. The fourth-order valence-corrected chi connectivity index (χ4v) is 3.62. The third-order valence-electron chi connectivity index (χ3n) is 5.00. The highest BCUT2D eigenvalue weighted by atomic mass is 19.1. The van der Waals surface area contributed by atoms with Gasteiger partial charge in [0.25, 0.3) is 0 Å². The summed E-state index contributed by atoms with van der Waals surface area (Å²) in [5.74, 6) is -0.379. The molecule has 0 aliphatic carbocycles. The lowest BCUT2D eigenvalue weighted by Gasteiger charge is -2.36. The molecule has 0 saturated carbocycles. The fraction of sp³-hybridized carbons (Fsp3) is 0.368. The monoisotopic (exact) mass is 342 g/mol. The van der Waals surface area contributed by atoms with E-state index in [0.29, 0.717) is 12.1 Å². The number of likely N-dealkylation sites (N-methyl/N-ethyl adjacent to an activating group) is 1. The number of halogens is 1. The predicted octanol–water partition coefficient (Wildman–Crippen LogP) is 1.81. The lowest BCUT2D eigenvalue weighted by molar-refractivity contribution is 0.139. The molecule has 0 amide bonds. The Hall–Kier alpha value is -2.31. The number of allylic oxidation sites excluding steroid dienone is 2. The van der Waals surface area contributed by atoms with Crippen LogP contribution >= 0.6 is 0 Å². The van der Waals surface area contributed by atoms with E-state index in [0.717, 1.165) is 26.2 Å².